The Bertz CT molecular complexity index is 537. The number of aromatic nitrogens is 1. The molecule has 1 aromatic heterocycles. The maximum absolute atomic E-state index is 12.3. The van der Waals surface area contributed by atoms with Gasteiger partial charge in [-0.25, -0.2) is 4.98 Å². The van der Waals surface area contributed by atoms with Crippen molar-refractivity contribution in [2.75, 3.05) is 11.9 Å². The van der Waals surface area contributed by atoms with Gasteiger partial charge in [0.2, 0.25) is 11.8 Å². The zero-order valence-corrected chi connectivity index (χ0v) is 13.1. The van der Waals surface area contributed by atoms with Crippen molar-refractivity contribution >= 4 is 28.3 Å². The molecule has 0 aromatic carbocycles. The highest BCUT2D eigenvalue weighted by molar-refractivity contribution is 7.13. The minimum atomic E-state index is -0.233. The van der Waals surface area contributed by atoms with Crippen molar-refractivity contribution in [3.8, 4) is 0 Å². The maximum Gasteiger partial charge on any atom is 0.231 e. The quantitative estimate of drug-likeness (QED) is 0.933. The molecule has 1 aliphatic heterocycles. The van der Waals surface area contributed by atoms with Gasteiger partial charge in [0.05, 0.1) is 11.6 Å². The van der Waals surface area contributed by atoms with Crippen molar-refractivity contribution < 1.29 is 9.59 Å². The first-order valence-electron chi connectivity index (χ1n) is 7.66. The first kappa shape index (κ1) is 14.5. The third kappa shape index (κ3) is 3.26. The van der Waals surface area contributed by atoms with Crippen molar-refractivity contribution in [1.29, 1.82) is 0 Å². The van der Waals surface area contributed by atoms with Gasteiger partial charge in [0.15, 0.2) is 5.13 Å². The molecule has 114 valence electrons. The second-order valence-electron chi connectivity index (χ2n) is 6.02. The van der Waals surface area contributed by atoms with Gasteiger partial charge < -0.3 is 10.2 Å². The van der Waals surface area contributed by atoms with Gasteiger partial charge in [0.1, 0.15) is 0 Å². The monoisotopic (exact) mass is 307 g/mol. The van der Waals surface area contributed by atoms with Crippen LogP contribution >= 0.6 is 11.3 Å². The summed E-state index contributed by atoms with van der Waals surface area (Å²) in [4.78, 5) is 30.6. The number of carbonyl (C=O) groups excluding carboxylic acids is 2. The molecular weight excluding hydrogens is 286 g/mol. The van der Waals surface area contributed by atoms with Crippen LogP contribution < -0.4 is 5.32 Å². The van der Waals surface area contributed by atoms with Crippen LogP contribution in [0.1, 0.15) is 44.2 Å². The zero-order valence-electron chi connectivity index (χ0n) is 12.3. The summed E-state index contributed by atoms with van der Waals surface area (Å²) in [5, 5.41) is 5.37. The maximum atomic E-state index is 12.3. The van der Waals surface area contributed by atoms with E-state index in [2.05, 4.69) is 10.3 Å². The molecule has 2 aliphatic rings. The van der Waals surface area contributed by atoms with E-state index in [1.165, 1.54) is 30.6 Å². The Balaban J connectivity index is 1.59. The molecule has 1 atom stereocenters. The summed E-state index contributed by atoms with van der Waals surface area (Å²) in [6.45, 7) is 2.47. The lowest BCUT2D eigenvalue weighted by Gasteiger charge is -2.31. The summed E-state index contributed by atoms with van der Waals surface area (Å²) in [5.74, 6) is -0.169. The Morgan fingerprint density at radius 1 is 1.38 bits per heavy atom. The highest BCUT2D eigenvalue weighted by Gasteiger charge is 2.38. The van der Waals surface area contributed by atoms with Crippen LogP contribution in [0.15, 0.2) is 5.38 Å². The smallest absolute Gasteiger partial charge is 0.231 e. The van der Waals surface area contributed by atoms with Gasteiger partial charge in [-0.3, -0.25) is 9.59 Å². The molecule has 3 rings (SSSR count). The van der Waals surface area contributed by atoms with E-state index in [0.717, 1.165) is 18.5 Å². The van der Waals surface area contributed by atoms with Crippen LogP contribution in [-0.4, -0.2) is 34.3 Å². The molecule has 0 spiro atoms. The summed E-state index contributed by atoms with van der Waals surface area (Å²) in [7, 11) is 0. The number of amides is 2. The molecule has 1 aromatic rings. The molecule has 0 bridgehead atoms. The molecule has 1 N–H and O–H groups in total. The fraction of sp³-hybridized carbons (Fsp3) is 0.667. The van der Waals surface area contributed by atoms with E-state index in [9.17, 15) is 9.59 Å². The topological polar surface area (TPSA) is 62.3 Å². The molecule has 5 nitrogen and oxygen atoms in total. The Kier molecular flexibility index (Phi) is 4.24. The molecule has 6 heteroatoms. The van der Waals surface area contributed by atoms with Crippen LogP contribution in [-0.2, 0) is 9.59 Å². The molecule has 1 aliphatic carbocycles. The Morgan fingerprint density at radius 2 is 2.14 bits per heavy atom. The van der Waals surface area contributed by atoms with Crippen molar-refractivity contribution in [3.63, 3.8) is 0 Å². The molecule has 2 fully saturated rings. The van der Waals surface area contributed by atoms with Crippen LogP contribution in [0.5, 0.6) is 0 Å². The predicted molar refractivity (Wildman–Crippen MR) is 82.2 cm³/mol. The molecule has 21 heavy (non-hydrogen) atoms. The summed E-state index contributed by atoms with van der Waals surface area (Å²) in [6, 6.07) is 0.353. The molecule has 1 saturated heterocycles. The minimum absolute atomic E-state index is 0.0731. The lowest BCUT2D eigenvalue weighted by Crippen LogP contribution is -2.38. The highest BCUT2D eigenvalue weighted by atomic mass is 32.1. The number of hydrogen-bond donors (Lipinski definition) is 1. The van der Waals surface area contributed by atoms with Crippen LogP contribution in [0.2, 0.25) is 0 Å². The van der Waals surface area contributed by atoms with Gasteiger partial charge in [-0.15, -0.1) is 11.3 Å². The fourth-order valence-electron chi connectivity index (χ4n) is 3.27. The van der Waals surface area contributed by atoms with Crippen LogP contribution in [0.4, 0.5) is 5.13 Å². The summed E-state index contributed by atoms with van der Waals surface area (Å²) >= 11 is 1.42. The van der Waals surface area contributed by atoms with E-state index in [0.29, 0.717) is 24.1 Å². The standard InChI is InChI=1S/C15H21N3O2S/c1-10-9-21-15(16-10)17-14(20)11-7-13(19)18(8-11)12-5-3-2-4-6-12/h9,11-12H,2-8H2,1H3,(H,16,17,20)/t11-/m0/s1. The average molecular weight is 307 g/mol. The molecule has 0 unspecified atom stereocenters. The summed E-state index contributed by atoms with van der Waals surface area (Å²) < 4.78 is 0. The molecule has 1 saturated carbocycles. The number of thiazole rings is 1. The number of aryl methyl sites for hydroxylation is 1. The van der Waals surface area contributed by atoms with Gasteiger partial charge in [0, 0.05) is 24.4 Å². The third-order valence-corrected chi connectivity index (χ3v) is 5.27. The number of likely N-dealkylation sites (tertiary alicyclic amines) is 1. The SMILES string of the molecule is Cc1csc(NC(=O)[C@H]2CC(=O)N(C3CCCCC3)C2)n1. The van der Waals surface area contributed by atoms with Crippen LogP contribution in [0.25, 0.3) is 0 Å². The normalized spacial score (nSPS) is 23.6. The Hall–Kier alpha value is -1.43. The van der Waals surface area contributed by atoms with E-state index in [1.54, 1.807) is 0 Å². The zero-order chi connectivity index (χ0) is 14.8. The highest BCUT2D eigenvalue weighted by Crippen LogP contribution is 2.29. The van der Waals surface area contributed by atoms with Crippen molar-refractivity contribution in [1.82, 2.24) is 9.88 Å². The largest absolute Gasteiger partial charge is 0.339 e. The van der Waals surface area contributed by atoms with E-state index in [4.69, 9.17) is 0 Å². The van der Waals surface area contributed by atoms with E-state index in [1.807, 2.05) is 17.2 Å². The first-order valence-corrected chi connectivity index (χ1v) is 8.54. The fourth-order valence-corrected chi connectivity index (χ4v) is 3.96. The van der Waals surface area contributed by atoms with Gasteiger partial charge in [-0.05, 0) is 19.8 Å². The van der Waals surface area contributed by atoms with Gasteiger partial charge >= 0.3 is 0 Å². The number of nitrogens with zero attached hydrogens (tertiary/aromatic N) is 2. The van der Waals surface area contributed by atoms with Crippen LogP contribution in [0, 0.1) is 12.8 Å². The predicted octanol–water partition coefficient (Wildman–Crippen LogP) is 2.57. The number of hydrogen-bond acceptors (Lipinski definition) is 4. The average Bonchev–Trinajstić information content (AvgIpc) is 3.06. The molecular formula is C15H21N3O2S. The Labute approximate surface area is 128 Å². The first-order chi connectivity index (χ1) is 10.1. The summed E-state index contributed by atoms with van der Waals surface area (Å²) in [5.41, 5.74) is 0.904. The van der Waals surface area contributed by atoms with Gasteiger partial charge in [-0.2, -0.15) is 0 Å². The second kappa shape index (κ2) is 6.13. The van der Waals surface area contributed by atoms with Gasteiger partial charge in [0.25, 0.3) is 0 Å². The molecule has 2 amide bonds. The number of nitrogens with one attached hydrogen (secondary N) is 1. The summed E-state index contributed by atoms with van der Waals surface area (Å²) in [6.07, 6.45) is 6.18. The van der Waals surface area contributed by atoms with Gasteiger partial charge in [-0.1, -0.05) is 19.3 Å². The Morgan fingerprint density at radius 3 is 2.81 bits per heavy atom. The molecule has 0 radical (unpaired) electrons. The minimum Gasteiger partial charge on any atom is -0.339 e. The number of anilines is 1. The van der Waals surface area contributed by atoms with Crippen molar-refractivity contribution in [2.24, 2.45) is 5.92 Å². The van der Waals surface area contributed by atoms with E-state index >= 15 is 0 Å². The lowest BCUT2D eigenvalue weighted by atomic mass is 9.94. The van der Waals surface area contributed by atoms with E-state index < -0.39 is 0 Å². The second-order valence-corrected chi connectivity index (χ2v) is 6.88. The third-order valence-electron chi connectivity index (χ3n) is 4.39. The van der Waals surface area contributed by atoms with Crippen molar-refractivity contribution in [2.45, 2.75) is 51.5 Å². The van der Waals surface area contributed by atoms with E-state index in [-0.39, 0.29) is 17.7 Å². The van der Waals surface area contributed by atoms with Crippen molar-refractivity contribution in [3.05, 3.63) is 11.1 Å². The number of carbonyl (C=O) groups is 2. The lowest BCUT2D eigenvalue weighted by molar-refractivity contribution is -0.130. The van der Waals surface area contributed by atoms with Crippen LogP contribution in [0.3, 0.4) is 0 Å². The number of rotatable bonds is 3. The molecule has 2 heterocycles.